The van der Waals surface area contributed by atoms with Crippen LogP contribution >= 0.6 is 11.8 Å². The fraction of sp³-hybridized carbons (Fsp3) is 0.600. The van der Waals surface area contributed by atoms with Gasteiger partial charge in [-0.25, -0.2) is 0 Å². The largest absolute Gasteiger partial charge is 0.486 e. The van der Waals surface area contributed by atoms with Gasteiger partial charge in [-0.05, 0) is 30.4 Å². The van der Waals surface area contributed by atoms with E-state index in [1.54, 1.807) is 11.8 Å². The molecule has 1 aromatic carbocycles. The predicted molar refractivity (Wildman–Crippen MR) is 81.8 cm³/mol. The predicted octanol–water partition coefficient (Wildman–Crippen LogP) is 2.43. The van der Waals surface area contributed by atoms with Crippen LogP contribution < -0.4 is 14.8 Å². The monoisotopic (exact) mass is 297 g/mol. The van der Waals surface area contributed by atoms with Gasteiger partial charge in [-0.3, -0.25) is 0 Å². The first-order chi connectivity index (χ1) is 9.74. The van der Waals surface area contributed by atoms with Crippen LogP contribution in [0.15, 0.2) is 17.0 Å². The summed E-state index contributed by atoms with van der Waals surface area (Å²) in [5.74, 6) is 1.65. The van der Waals surface area contributed by atoms with Crippen molar-refractivity contribution in [2.75, 3.05) is 26.0 Å². The van der Waals surface area contributed by atoms with E-state index >= 15 is 0 Å². The Morgan fingerprint density at radius 1 is 1.30 bits per heavy atom. The summed E-state index contributed by atoms with van der Waals surface area (Å²) in [6, 6.07) is 4.08. The molecule has 0 aromatic heterocycles. The molecule has 0 saturated carbocycles. The van der Waals surface area contributed by atoms with E-state index in [4.69, 9.17) is 9.47 Å². The standard InChI is InChI=1S/C15H23NO3S/c1-3-4-12(17)10-16-9-11-7-13-14(8-15(11)20-2)19-6-5-18-13/h7-8,12,16-17H,3-6,9-10H2,1-2H3. The number of hydrogen-bond donors (Lipinski definition) is 2. The van der Waals surface area contributed by atoms with Gasteiger partial charge in [0.2, 0.25) is 0 Å². The first kappa shape index (κ1) is 15.5. The fourth-order valence-corrected chi connectivity index (χ4v) is 2.87. The van der Waals surface area contributed by atoms with E-state index in [0.717, 1.165) is 30.9 Å². The van der Waals surface area contributed by atoms with Crippen LogP contribution in [-0.4, -0.2) is 37.2 Å². The molecule has 2 N–H and O–H groups in total. The van der Waals surface area contributed by atoms with Crippen molar-refractivity contribution in [1.29, 1.82) is 0 Å². The molecule has 5 heteroatoms. The van der Waals surface area contributed by atoms with Crippen molar-refractivity contribution in [2.24, 2.45) is 0 Å². The molecular formula is C15H23NO3S. The van der Waals surface area contributed by atoms with Crippen LogP contribution in [0.1, 0.15) is 25.3 Å². The molecule has 2 rings (SSSR count). The van der Waals surface area contributed by atoms with Crippen LogP contribution in [0.4, 0.5) is 0 Å². The molecule has 0 fully saturated rings. The minimum Gasteiger partial charge on any atom is -0.486 e. The number of benzene rings is 1. The molecule has 0 aliphatic carbocycles. The zero-order valence-corrected chi connectivity index (χ0v) is 13.0. The average molecular weight is 297 g/mol. The summed E-state index contributed by atoms with van der Waals surface area (Å²) in [6.07, 6.45) is 3.63. The first-order valence-corrected chi connectivity index (χ1v) is 8.32. The van der Waals surface area contributed by atoms with Gasteiger partial charge in [0, 0.05) is 18.0 Å². The van der Waals surface area contributed by atoms with Gasteiger partial charge in [-0.15, -0.1) is 11.8 Å². The zero-order valence-electron chi connectivity index (χ0n) is 12.1. The molecule has 112 valence electrons. The second-order valence-corrected chi connectivity index (χ2v) is 5.73. The van der Waals surface area contributed by atoms with E-state index < -0.39 is 0 Å². The molecule has 1 atom stereocenters. The van der Waals surface area contributed by atoms with Crippen molar-refractivity contribution in [3.8, 4) is 11.5 Å². The molecule has 0 radical (unpaired) electrons. The third-order valence-electron chi connectivity index (χ3n) is 3.26. The molecule has 1 unspecified atom stereocenters. The molecule has 1 aliphatic rings. The average Bonchev–Trinajstić information content (AvgIpc) is 2.46. The minimum absolute atomic E-state index is 0.269. The zero-order chi connectivity index (χ0) is 14.4. The van der Waals surface area contributed by atoms with Crippen LogP contribution in [-0.2, 0) is 6.54 Å². The van der Waals surface area contributed by atoms with E-state index in [1.165, 1.54) is 10.5 Å². The Balaban J connectivity index is 1.99. The first-order valence-electron chi connectivity index (χ1n) is 7.10. The van der Waals surface area contributed by atoms with E-state index in [1.807, 2.05) is 12.1 Å². The number of rotatable bonds is 7. The van der Waals surface area contributed by atoms with Crippen LogP contribution in [0.25, 0.3) is 0 Å². The second kappa shape index (κ2) is 7.76. The Morgan fingerprint density at radius 2 is 2.00 bits per heavy atom. The summed E-state index contributed by atoms with van der Waals surface area (Å²) in [5, 5.41) is 13.0. The highest BCUT2D eigenvalue weighted by Gasteiger charge is 2.15. The Morgan fingerprint density at radius 3 is 2.65 bits per heavy atom. The van der Waals surface area contributed by atoms with Gasteiger partial charge < -0.3 is 19.9 Å². The van der Waals surface area contributed by atoms with Crippen molar-refractivity contribution in [2.45, 2.75) is 37.3 Å². The third kappa shape index (κ3) is 4.04. The van der Waals surface area contributed by atoms with E-state index in [2.05, 4.69) is 18.5 Å². The fourth-order valence-electron chi connectivity index (χ4n) is 2.25. The molecule has 0 amide bonds. The smallest absolute Gasteiger partial charge is 0.162 e. The van der Waals surface area contributed by atoms with Crippen LogP contribution in [0.3, 0.4) is 0 Å². The Kier molecular flexibility index (Phi) is 6.01. The van der Waals surface area contributed by atoms with Gasteiger partial charge >= 0.3 is 0 Å². The minimum atomic E-state index is -0.269. The number of aliphatic hydroxyl groups excluding tert-OH is 1. The Hall–Kier alpha value is -0.910. The number of ether oxygens (including phenoxy) is 2. The van der Waals surface area contributed by atoms with Gasteiger partial charge in [0.15, 0.2) is 11.5 Å². The lowest BCUT2D eigenvalue weighted by atomic mass is 10.1. The van der Waals surface area contributed by atoms with Gasteiger partial charge in [0.05, 0.1) is 6.10 Å². The number of thioether (sulfide) groups is 1. The molecule has 0 bridgehead atoms. The molecule has 1 aliphatic heterocycles. The van der Waals surface area contributed by atoms with Gasteiger partial charge in [-0.1, -0.05) is 13.3 Å². The molecule has 1 aromatic rings. The molecule has 4 nitrogen and oxygen atoms in total. The topological polar surface area (TPSA) is 50.7 Å². The summed E-state index contributed by atoms with van der Waals surface area (Å²) < 4.78 is 11.2. The number of aliphatic hydroxyl groups is 1. The SMILES string of the molecule is CCCC(O)CNCc1cc2c(cc1SC)OCCO2. The summed E-state index contributed by atoms with van der Waals surface area (Å²) in [6.45, 7) is 4.65. The summed E-state index contributed by atoms with van der Waals surface area (Å²) >= 11 is 1.70. The molecule has 0 saturated heterocycles. The summed E-state index contributed by atoms with van der Waals surface area (Å²) in [5.41, 5.74) is 1.19. The maximum absolute atomic E-state index is 9.73. The lowest BCUT2D eigenvalue weighted by Crippen LogP contribution is -2.26. The van der Waals surface area contributed by atoms with Crippen LogP contribution in [0.2, 0.25) is 0 Å². The quantitative estimate of drug-likeness (QED) is 0.757. The lowest BCUT2D eigenvalue weighted by Gasteiger charge is -2.21. The van der Waals surface area contributed by atoms with E-state index in [0.29, 0.717) is 19.8 Å². The highest BCUT2D eigenvalue weighted by molar-refractivity contribution is 7.98. The summed E-state index contributed by atoms with van der Waals surface area (Å²) in [7, 11) is 0. The number of nitrogens with one attached hydrogen (secondary N) is 1. The molecular weight excluding hydrogens is 274 g/mol. The maximum Gasteiger partial charge on any atom is 0.162 e. The van der Waals surface area contributed by atoms with Crippen LogP contribution in [0.5, 0.6) is 11.5 Å². The summed E-state index contributed by atoms with van der Waals surface area (Å²) in [4.78, 5) is 1.19. The van der Waals surface area contributed by atoms with Gasteiger partial charge in [0.1, 0.15) is 13.2 Å². The lowest BCUT2D eigenvalue weighted by molar-refractivity contribution is 0.160. The molecule has 0 spiro atoms. The second-order valence-electron chi connectivity index (χ2n) is 4.88. The van der Waals surface area contributed by atoms with Crippen molar-refractivity contribution < 1.29 is 14.6 Å². The number of fused-ring (bicyclic) bond motifs is 1. The highest BCUT2D eigenvalue weighted by Crippen LogP contribution is 2.36. The maximum atomic E-state index is 9.73. The van der Waals surface area contributed by atoms with Crippen molar-refractivity contribution >= 4 is 11.8 Å². The van der Waals surface area contributed by atoms with Gasteiger partial charge in [-0.2, -0.15) is 0 Å². The highest BCUT2D eigenvalue weighted by atomic mass is 32.2. The third-order valence-corrected chi connectivity index (χ3v) is 4.08. The Bertz CT molecular complexity index is 439. The van der Waals surface area contributed by atoms with Crippen molar-refractivity contribution in [3.63, 3.8) is 0 Å². The normalized spacial score (nSPS) is 15.2. The molecule has 1 heterocycles. The van der Waals surface area contributed by atoms with Crippen LogP contribution in [0, 0.1) is 0 Å². The van der Waals surface area contributed by atoms with Crippen molar-refractivity contribution in [3.05, 3.63) is 17.7 Å². The van der Waals surface area contributed by atoms with Gasteiger partial charge in [0.25, 0.3) is 0 Å². The van der Waals surface area contributed by atoms with E-state index in [9.17, 15) is 5.11 Å². The number of hydrogen-bond acceptors (Lipinski definition) is 5. The van der Waals surface area contributed by atoms with Crippen molar-refractivity contribution in [1.82, 2.24) is 5.32 Å². The van der Waals surface area contributed by atoms with E-state index in [-0.39, 0.29) is 6.10 Å². The molecule has 20 heavy (non-hydrogen) atoms. The Labute approximate surface area is 124 Å².